The fraction of sp³-hybridized carbons (Fsp3) is 0.400. The summed E-state index contributed by atoms with van der Waals surface area (Å²) < 4.78 is 55.1. The minimum Gasteiger partial charge on any atom is -0.491 e. The van der Waals surface area contributed by atoms with Gasteiger partial charge in [-0.1, -0.05) is 42.5 Å². The second-order valence-corrected chi connectivity index (χ2v) is 9.15. The molecule has 3 aromatic carbocycles. The molecule has 0 unspecified atom stereocenters. The Labute approximate surface area is 206 Å². The highest BCUT2D eigenvalue weighted by Crippen LogP contribution is 2.37. The van der Waals surface area contributed by atoms with Crippen molar-refractivity contribution in [1.29, 1.82) is 0 Å². The summed E-state index contributed by atoms with van der Waals surface area (Å²) in [4.78, 5) is 0. The van der Waals surface area contributed by atoms with Gasteiger partial charge in [0.05, 0.1) is 12.7 Å². The Morgan fingerprint density at radius 1 is 0.743 bits per heavy atom. The third kappa shape index (κ3) is 6.07. The molecule has 1 aliphatic rings. The number of benzene rings is 3. The molecule has 0 atom stereocenters. The smallest absolute Gasteiger partial charge is 0.166 e. The molecule has 35 heavy (non-hydrogen) atoms. The first-order chi connectivity index (χ1) is 17.0. The van der Waals surface area contributed by atoms with Crippen LogP contribution in [0.4, 0.5) is 13.2 Å². The van der Waals surface area contributed by atoms with Crippen molar-refractivity contribution in [2.75, 3.05) is 13.2 Å². The topological polar surface area (TPSA) is 18.5 Å². The second kappa shape index (κ2) is 11.8. The summed E-state index contributed by atoms with van der Waals surface area (Å²) >= 11 is 0. The quantitative estimate of drug-likeness (QED) is 0.307. The van der Waals surface area contributed by atoms with E-state index in [0.717, 1.165) is 36.8 Å². The lowest BCUT2D eigenvalue weighted by molar-refractivity contribution is 0.0325. The first kappa shape index (κ1) is 25.3. The van der Waals surface area contributed by atoms with Crippen LogP contribution in [0.2, 0.25) is 0 Å². The lowest BCUT2D eigenvalue weighted by Gasteiger charge is -2.29. The fourth-order valence-electron chi connectivity index (χ4n) is 4.99. The average molecular weight is 483 g/mol. The van der Waals surface area contributed by atoms with Crippen molar-refractivity contribution < 1.29 is 22.6 Å². The molecule has 2 nitrogen and oxygen atoms in total. The van der Waals surface area contributed by atoms with Crippen LogP contribution in [0.3, 0.4) is 0 Å². The Hall–Kier alpha value is -2.79. The molecule has 4 rings (SSSR count). The van der Waals surface area contributed by atoms with Gasteiger partial charge in [0, 0.05) is 12.2 Å². The number of hydrogen-bond acceptors (Lipinski definition) is 2. The van der Waals surface area contributed by atoms with Gasteiger partial charge in [0.25, 0.3) is 0 Å². The summed E-state index contributed by atoms with van der Waals surface area (Å²) in [6, 6.07) is 15.9. The van der Waals surface area contributed by atoms with E-state index >= 15 is 8.78 Å². The summed E-state index contributed by atoms with van der Waals surface area (Å²) in [6.45, 7) is 4.91. The summed E-state index contributed by atoms with van der Waals surface area (Å²) in [7, 11) is 0. The van der Waals surface area contributed by atoms with Crippen LogP contribution in [0.15, 0.2) is 54.6 Å². The molecule has 186 valence electrons. The van der Waals surface area contributed by atoms with Crippen molar-refractivity contribution in [3.8, 4) is 16.9 Å². The summed E-state index contributed by atoms with van der Waals surface area (Å²) in [5, 5.41) is 0. The standard InChI is InChI=1S/C30H33F3O2/c1-3-34-24-14-12-23(13-15-24)26-17-16-25(29(32)30(26)33)22-10-7-20(8-11-22)5-6-21-9-18-28(35-4-2)27(31)19-21/h7-11,16-19,23-24H,3-6,12-15H2,1-2H3. The molecule has 1 saturated carbocycles. The summed E-state index contributed by atoms with van der Waals surface area (Å²) in [5.41, 5.74) is 3.32. The minimum atomic E-state index is -0.785. The normalized spacial score (nSPS) is 18.0. The molecule has 0 spiro atoms. The lowest BCUT2D eigenvalue weighted by atomic mass is 9.82. The van der Waals surface area contributed by atoms with E-state index in [1.165, 1.54) is 6.07 Å². The van der Waals surface area contributed by atoms with Gasteiger partial charge in [-0.2, -0.15) is 0 Å². The first-order valence-corrected chi connectivity index (χ1v) is 12.6. The SMILES string of the molecule is CCOc1ccc(CCc2ccc(-c3ccc(C4CCC(OCC)CC4)c(F)c3F)cc2)cc1F. The molecule has 3 aromatic rings. The molecule has 1 aliphatic carbocycles. The van der Waals surface area contributed by atoms with Crippen molar-refractivity contribution in [3.63, 3.8) is 0 Å². The molecule has 0 radical (unpaired) electrons. The average Bonchev–Trinajstić information content (AvgIpc) is 2.87. The van der Waals surface area contributed by atoms with Crippen molar-refractivity contribution in [3.05, 3.63) is 88.7 Å². The largest absolute Gasteiger partial charge is 0.491 e. The Kier molecular flexibility index (Phi) is 8.50. The molecular formula is C30H33F3O2. The number of aryl methyl sites for hydroxylation is 2. The van der Waals surface area contributed by atoms with Crippen LogP contribution in [-0.2, 0) is 17.6 Å². The van der Waals surface area contributed by atoms with Gasteiger partial charge < -0.3 is 9.47 Å². The molecule has 0 amide bonds. The predicted molar refractivity (Wildman–Crippen MR) is 133 cm³/mol. The Bertz CT molecular complexity index is 1120. The van der Waals surface area contributed by atoms with Crippen molar-refractivity contribution in [2.24, 2.45) is 0 Å². The third-order valence-electron chi connectivity index (χ3n) is 6.89. The van der Waals surface area contributed by atoms with Crippen LogP contribution in [0.1, 0.15) is 62.1 Å². The maximum atomic E-state index is 15.1. The number of hydrogen-bond donors (Lipinski definition) is 0. The van der Waals surface area contributed by atoms with Crippen LogP contribution < -0.4 is 4.74 Å². The van der Waals surface area contributed by atoms with E-state index in [-0.39, 0.29) is 29.2 Å². The van der Waals surface area contributed by atoms with Crippen LogP contribution in [0.5, 0.6) is 5.75 Å². The van der Waals surface area contributed by atoms with Crippen LogP contribution in [0, 0.1) is 17.5 Å². The predicted octanol–water partition coefficient (Wildman–Crippen LogP) is 8.02. The zero-order valence-corrected chi connectivity index (χ0v) is 20.5. The van der Waals surface area contributed by atoms with Crippen LogP contribution >= 0.6 is 0 Å². The molecule has 0 saturated heterocycles. The maximum absolute atomic E-state index is 15.1. The molecular weight excluding hydrogens is 449 g/mol. The van der Waals surface area contributed by atoms with Gasteiger partial charge in [-0.15, -0.1) is 0 Å². The zero-order chi connectivity index (χ0) is 24.8. The van der Waals surface area contributed by atoms with Crippen molar-refractivity contribution in [2.45, 2.75) is 64.4 Å². The highest BCUT2D eigenvalue weighted by Gasteiger charge is 2.26. The van der Waals surface area contributed by atoms with E-state index in [1.54, 1.807) is 18.2 Å². The number of rotatable bonds is 9. The van der Waals surface area contributed by atoms with Gasteiger partial charge in [0.15, 0.2) is 23.2 Å². The van der Waals surface area contributed by atoms with Gasteiger partial charge in [0.1, 0.15) is 0 Å². The van der Waals surface area contributed by atoms with E-state index in [4.69, 9.17) is 9.47 Å². The molecule has 0 bridgehead atoms. The maximum Gasteiger partial charge on any atom is 0.166 e. The third-order valence-corrected chi connectivity index (χ3v) is 6.89. The van der Waals surface area contributed by atoms with Gasteiger partial charge in [-0.3, -0.25) is 0 Å². The van der Waals surface area contributed by atoms with Crippen LogP contribution in [0.25, 0.3) is 11.1 Å². The molecule has 0 aromatic heterocycles. The first-order valence-electron chi connectivity index (χ1n) is 12.6. The van der Waals surface area contributed by atoms with Gasteiger partial charge in [-0.05, 0) is 92.7 Å². The van der Waals surface area contributed by atoms with Gasteiger partial charge >= 0.3 is 0 Å². The number of ether oxygens (including phenoxy) is 2. The summed E-state index contributed by atoms with van der Waals surface area (Å²) in [5.74, 6) is -1.58. The van der Waals surface area contributed by atoms with Crippen molar-refractivity contribution >= 4 is 0 Å². The van der Waals surface area contributed by atoms with E-state index < -0.39 is 11.6 Å². The fourth-order valence-corrected chi connectivity index (χ4v) is 4.99. The van der Waals surface area contributed by atoms with E-state index in [1.807, 2.05) is 44.2 Å². The minimum absolute atomic E-state index is 0.0325. The number of halogens is 3. The Morgan fingerprint density at radius 3 is 2.09 bits per heavy atom. The van der Waals surface area contributed by atoms with E-state index in [9.17, 15) is 4.39 Å². The highest BCUT2D eigenvalue weighted by molar-refractivity contribution is 5.65. The molecule has 0 N–H and O–H groups in total. The van der Waals surface area contributed by atoms with E-state index in [2.05, 4.69) is 0 Å². The molecule has 1 fully saturated rings. The van der Waals surface area contributed by atoms with Gasteiger partial charge in [-0.25, -0.2) is 13.2 Å². The highest BCUT2D eigenvalue weighted by atomic mass is 19.2. The lowest BCUT2D eigenvalue weighted by Crippen LogP contribution is -2.21. The molecule has 0 aliphatic heterocycles. The van der Waals surface area contributed by atoms with Gasteiger partial charge in [0.2, 0.25) is 0 Å². The summed E-state index contributed by atoms with van der Waals surface area (Å²) in [6.07, 6.45) is 5.01. The van der Waals surface area contributed by atoms with E-state index in [0.29, 0.717) is 37.2 Å². The zero-order valence-electron chi connectivity index (χ0n) is 20.5. The van der Waals surface area contributed by atoms with Crippen LogP contribution in [-0.4, -0.2) is 19.3 Å². The Morgan fingerprint density at radius 2 is 1.43 bits per heavy atom. The van der Waals surface area contributed by atoms with Crippen molar-refractivity contribution in [1.82, 2.24) is 0 Å². The monoisotopic (exact) mass is 482 g/mol. The Balaban J connectivity index is 1.41. The molecule has 5 heteroatoms. The second-order valence-electron chi connectivity index (χ2n) is 9.15. The molecule has 0 heterocycles.